The molecule has 0 aliphatic carbocycles. The fraction of sp³-hybridized carbons (Fsp3) is 0.875. The number of amides is 3. The molecule has 0 spiro atoms. The van der Waals surface area contributed by atoms with Gasteiger partial charge in [-0.1, -0.05) is 0 Å². The van der Waals surface area contributed by atoms with E-state index >= 15 is 0 Å². The first kappa shape index (κ1) is 36.9. The second-order valence-electron chi connectivity index (χ2n) is 8.63. The van der Waals surface area contributed by atoms with E-state index < -0.39 is 24.2 Å². The summed E-state index contributed by atoms with van der Waals surface area (Å²) in [6.45, 7) is 12.3. The maximum absolute atomic E-state index is 11.7. The summed E-state index contributed by atoms with van der Waals surface area (Å²) >= 11 is 0. The normalized spacial score (nSPS) is 11.3. The predicted molar refractivity (Wildman–Crippen MR) is 138 cm³/mol. The lowest BCUT2D eigenvalue weighted by Crippen LogP contribution is -2.36. The summed E-state index contributed by atoms with van der Waals surface area (Å²) in [5.74, 6) is -0.698. The zero-order valence-corrected chi connectivity index (χ0v) is 23.7. The Morgan fingerprint density at radius 3 is 1.67 bits per heavy atom. The largest absolute Gasteiger partial charge is 0.442 e. The number of carbonyl (C=O) groups is 3. The summed E-state index contributed by atoms with van der Waals surface area (Å²) in [6, 6.07) is 0. The number of hydrogen-bond acceptors (Lipinski definition) is 12. The Labute approximate surface area is 230 Å². The molecular weight excluding hydrogens is 522 g/mol. The zero-order valence-electron chi connectivity index (χ0n) is 23.7. The molecule has 15 heteroatoms. The van der Waals surface area contributed by atoms with Gasteiger partial charge in [0.05, 0.1) is 79.3 Å². The molecule has 0 rings (SSSR count). The van der Waals surface area contributed by atoms with Crippen LogP contribution in [0, 0.1) is 0 Å². The number of carbonyl (C=O) groups excluding carboxylic acids is 3. The summed E-state index contributed by atoms with van der Waals surface area (Å²) in [4.78, 5) is 44.2. The van der Waals surface area contributed by atoms with Crippen LogP contribution in [0.1, 0.15) is 34.1 Å². The molecule has 0 aliphatic heterocycles. The van der Waals surface area contributed by atoms with Gasteiger partial charge in [0.1, 0.15) is 5.60 Å². The summed E-state index contributed by atoms with van der Waals surface area (Å²) in [6.07, 6.45) is -0.544. The van der Waals surface area contributed by atoms with Crippen LogP contribution in [-0.2, 0) is 52.4 Å². The molecule has 3 N–H and O–H groups in total. The van der Waals surface area contributed by atoms with Gasteiger partial charge >= 0.3 is 6.09 Å². The number of nitrogens with one attached hydrogen (secondary N) is 3. The van der Waals surface area contributed by atoms with Gasteiger partial charge in [-0.2, -0.15) is 5.48 Å². The molecule has 0 bridgehead atoms. The summed E-state index contributed by atoms with van der Waals surface area (Å²) in [7, 11) is 0. The SMILES string of the molecule is CCOCCOCCOCCNC(=O)CCOCCOCCOCCONC(=O)CONC(=O)OC(C)(C)C. The molecule has 0 unspecified atom stereocenters. The highest BCUT2D eigenvalue weighted by atomic mass is 16.7. The predicted octanol–water partition coefficient (Wildman–Crippen LogP) is 0.116. The van der Waals surface area contributed by atoms with E-state index in [2.05, 4.69) is 10.8 Å². The third-order valence-corrected chi connectivity index (χ3v) is 4.01. The minimum Gasteiger partial charge on any atom is -0.442 e. The molecule has 0 saturated heterocycles. The van der Waals surface area contributed by atoms with Crippen LogP contribution >= 0.6 is 0 Å². The van der Waals surface area contributed by atoms with Gasteiger partial charge in [-0.3, -0.25) is 19.3 Å². The Morgan fingerprint density at radius 1 is 0.590 bits per heavy atom. The van der Waals surface area contributed by atoms with Crippen molar-refractivity contribution in [1.29, 1.82) is 0 Å². The lowest BCUT2D eigenvalue weighted by atomic mass is 10.2. The third kappa shape index (κ3) is 30.3. The van der Waals surface area contributed by atoms with Crippen molar-refractivity contribution in [2.45, 2.75) is 39.7 Å². The van der Waals surface area contributed by atoms with Crippen molar-refractivity contribution in [3.05, 3.63) is 0 Å². The molecule has 0 aromatic rings. The number of ether oxygens (including phenoxy) is 7. The van der Waals surface area contributed by atoms with E-state index in [1.165, 1.54) is 0 Å². The summed E-state index contributed by atoms with van der Waals surface area (Å²) < 4.78 is 36.8. The maximum Gasteiger partial charge on any atom is 0.431 e. The minimum atomic E-state index is -0.800. The van der Waals surface area contributed by atoms with Crippen LogP contribution in [0.5, 0.6) is 0 Å². The lowest BCUT2D eigenvalue weighted by molar-refractivity contribution is -0.142. The number of rotatable bonds is 26. The van der Waals surface area contributed by atoms with E-state index in [-0.39, 0.29) is 25.5 Å². The van der Waals surface area contributed by atoms with Crippen LogP contribution < -0.4 is 16.3 Å². The molecular formula is C24H47N3O12. The molecule has 0 heterocycles. The first-order chi connectivity index (χ1) is 18.7. The fourth-order valence-electron chi connectivity index (χ4n) is 2.36. The van der Waals surface area contributed by atoms with E-state index in [0.717, 1.165) is 0 Å². The Kier molecular flexibility index (Phi) is 24.7. The average Bonchev–Trinajstić information content (AvgIpc) is 2.86. The Balaban J connectivity index is 3.30. The number of hydrogen-bond donors (Lipinski definition) is 3. The quantitative estimate of drug-likeness (QED) is 0.0951. The molecule has 0 aromatic heterocycles. The van der Waals surface area contributed by atoms with E-state index in [1.54, 1.807) is 20.8 Å². The second kappa shape index (κ2) is 26.1. The van der Waals surface area contributed by atoms with Gasteiger partial charge in [-0.25, -0.2) is 10.3 Å². The van der Waals surface area contributed by atoms with Crippen LogP contribution in [0.3, 0.4) is 0 Å². The topological polar surface area (TPSA) is 170 Å². The van der Waals surface area contributed by atoms with Crippen molar-refractivity contribution in [2.24, 2.45) is 0 Å². The van der Waals surface area contributed by atoms with Crippen molar-refractivity contribution in [1.82, 2.24) is 16.3 Å². The molecule has 230 valence electrons. The van der Waals surface area contributed by atoms with Crippen molar-refractivity contribution in [2.75, 3.05) is 99.0 Å². The molecule has 15 nitrogen and oxygen atoms in total. The highest BCUT2D eigenvalue weighted by molar-refractivity contribution is 5.76. The molecule has 3 amide bonds. The maximum atomic E-state index is 11.7. The Bertz CT molecular complexity index is 620. The summed E-state index contributed by atoms with van der Waals surface area (Å²) in [5, 5.41) is 2.76. The molecule has 0 aromatic carbocycles. The Hall–Kier alpha value is -2.11. The average molecular weight is 570 g/mol. The van der Waals surface area contributed by atoms with Crippen LogP contribution in [-0.4, -0.2) is 123 Å². The van der Waals surface area contributed by atoms with Gasteiger partial charge < -0.3 is 38.5 Å². The van der Waals surface area contributed by atoms with Gasteiger partial charge in [0.2, 0.25) is 5.91 Å². The van der Waals surface area contributed by atoms with Crippen molar-refractivity contribution < 1.29 is 57.2 Å². The standard InChI is InChI=1S/C24H47N3O12/c1-5-31-10-11-34-15-13-33-9-7-25-21(28)6-8-32-12-14-35-16-17-36-18-19-37-26-22(29)20-38-27-23(30)39-24(2,3)4/h5-20H2,1-4H3,(H,25,28)(H,26,29)(H,27,30). The van der Waals surface area contributed by atoms with Crippen LogP contribution in [0.25, 0.3) is 0 Å². The van der Waals surface area contributed by atoms with Crippen LogP contribution in [0.15, 0.2) is 0 Å². The van der Waals surface area contributed by atoms with Gasteiger partial charge in [-0.15, -0.1) is 0 Å². The molecule has 0 fully saturated rings. The Morgan fingerprint density at radius 2 is 1.10 bits per heavy atom. The molecule has 0 radical (unpaired) electrons. The third-order valence-electron chi connectivity index (χ3n) is 4.01. The van der Waals surface area contributed by atoms with E-state index in [1.807, 2.05) is 12.4 Å². The minimum absolute atomic E-state index is 0.107. The first-order valence-corrected chi connectivity index (χ1v) is 13.0. The monoisotopic (exact) mass is 569 g/mol. The second-order valence-corrected chi connectivity index (χ2v) is 8.63. The zero-order chi connectivity index (χ0) is 29.0. The van der Waals surface area contributed by atoms with Crippen LogP contribution in [0.2, 0.25) is 0 Å². The van der Waals surface area contributed by atoms with Gasteiger partial charge in [0.25, 0.3) is 5.91 Å². The smallest absolute Gasteiger partial charge is 0.431 e. The molecule has 0 aliphatic rings. The number of hydroxylamine groups is 2. The van der Waals surface area contributed by atoms with Gasteiger partial charge in [-0.05, 0) is 27.7 Å². The van der Waals surface area contributed by atoms with Crippen LogP contribution in [0.4, 0.5) is 4.79 Å². The van der Waals surface area contributed by atoms with Gasteiger partial charge in [0.15, 0.2) is 6.61 Å². The molecule has 39 heavy (non-hydrogen) atoms. The van der Waals surface area contributed by atoms with E-state index in [4.69, 9.17) is 42.8 Å². The molecule has 0 atom stereocenters. The highest BCUT2D eigenvalue weighted by Crippen LogP contribution is 2.06. The fourth-order valence-corrected chi connectivity index (χ4v) is 2.36. The van der Waals surface area contributed by atoms with E-state index in [0.29, 0.717) is 79.2 Å². The van der Waals surface area contributed by atoms with E-state index in [9.17, 15) is 14.4 Å². The van der Waals surface area contributed by atoms with Crippen molar-refractivity contribution in [3.8, 4) is 0 Å². The lowest BCUT2D eigenvalue weighted by Gasteiger charge is -2.19. The molecule has 0 saturated carbocycles. The first-order valence-electron chi connectivity index (χ1n) is 13.0. The van der Waals surface area contributed by atoms with Gasteiger partial charge in [0, 0.05) is 19.6 Å². The van der Waals surface area contributed by atoms with Crippen molar-refractivity contribution >= 4 is 17.9 Å². The highest BCUT2D eigenvalue weighted by Gasteiger charge is 2.16. The van der Waals surface area contributed by atoms with Crippen molar-refractivity contribution in [3.63, 3.8) is 0 Å². The summed E-state index contributed by atoms with van der Waals surface area (Å²) in [5.41, 5.74) is 3.46.